The van der Waals surface area contributed by atoms with Crippen LogP contribution in [0.15, 0.2) is 15.5 Å². The van der Waals surface area contributed by atoms with Crippen LogP contribution in [0.4, 0.5) is 0 Å². The summed E-state index contributed by atoms with van der Waals surface area (Å²) in [5, 5.41) is 9.30. The minimum Gasteiger partial charge on any atom is -0.478 e. The maximum atomic E-state index is 12.5. The summed E-state index contributed by atoms with van der Waals surface area (Å²) in [6.07, 6.45) is 2.20. The highest BCUT2D eigenvalue weighted by Crippen LogP contribution is 2.20. The summed E-state index contributed by atoms with van der Waals surface area (Å²) >= 11 is 0. The number of carbonyl (C=O) groups is 1. The topological polar surface area (TPSA) is 97.8 Å². The molecule has 2 aromatic rings. The van der Waals surface area contributed by atoms with Gasteiger partial charge in [0.1, 0.15) is 23.0 Å². The molecule has 1 aliphatic heterocycles. The molecule has 0 spiro atoms. The molecule has 0 amide bonds. The van der Waals surface area contributed by atoms with Crippen LogP contribution in [-0.4, -0.2) is 58.4 Å². The van der Waals surface area contributed by atoms with Crippen molar-refractivity contribution in [1.82, 2.24) is 14.5 Å². The number of aryl methyl sites for hydroxylation is 2. The first-order valence-electron chi connectivity index (χ1n) is 7.60. The number of furan rings is 1. The lowest BCUT2D eigenvalue weighted by atomic mass is 10.2. The summed E-state index contributed by atoms with van der Waals surface area (Å²) in [5.41, 5.74) is -0.388. The zero-order valence-corrected chi connectivity index (χ0v) is 12.9. The Labute approximate surface area is 132 Å². The van der Waals surface area contributed by atoms with Gasteiger partial charge in [0.15, 0.2) is 0 Å². The Morgan fingerprint density at radius 1 is 1.35 bits per heavy atom. The number of aromatic nitrogens is 2. The number of carboxylic acids is 1. The molecule has 23 heavy (non-hydrogen) atoms. The molecule has 124 valence electrons. The number of ether oxygens (including phenoxy) is 1. The maximum Gasteiger partial charge on any atom is 0.340 e. The molecule has 0 unspecified atom stereocenters. The largest absolute Gasteiger partial charge is 0.478 e. The molecule has 0 aliphatic carbocycles. The summed E-state index contributed by atoms with van der Waals surface area (Å²) in [5.74, 6) is -0.977. The van der Waals surface area contributed by atoms with E-state index in [1.54, 1.807) is 0 Å². The molecule has 8 nitrogen and oxygen atoms in total. The molecular weight excluding hydrogens is 302 g/mol. The minimum atomic E-state index is -1.17. The predicted molar refractivity (Wildman–Crippen MR) is 81.8 cm³/mol. The Hall–Kier alpha value is -2.19. The van der Waals surface area contributed by atoms with E-state index < -0.39 is 5.97 Å². The predicted octanol–water partition coefficient (Wildman–Crippen LogP) is 0.718. The van der Waals surface area contributed by atoms with Gasteiger partial charge >= 0.3 is 5.97 Å². The molecule has 0 saturated carbocycles. The number of hydrogen-bond donors (Lipinski definition) is 1. The van der Waals surface area contributed by atoms with Crippen molar-refractivity contribution in [2.45, 2.75) is 19.9 Å². The minimum absolute atomic E-state index is 0.0453. The second-order valence-electron chi connectivity index (χ2n) is 5.57. The lowest BCUT2D eigenvalue weighted by Crippen LogP contribution is -2.37. The van der Waals surface area contributed by atoms with Gasteiger partial charge in [-0.3, -0.25) is 14.3 Å². The van der Waals surface area contributed by atoms with Crippen LogP contribution < -0.4 is 5.56 Å². The van der Waals surface area contributed by atoms with Crippen LogP contribution in [0.1, 0.15) is 22.5 Å². The first kappa shape index (κ1) is 15.7. The Morgan fingerprint density at radius 2 is 2.09 bits per heavy atom. The molecule has 1 aliphatic rings. The van der Waals surface area contributed by atoms with Gasteiger partial charge in [0.2, 0.25) is 5.71 Å². The van der Waals surface area contributed by atoms with E-state index in [0.29, 0.717) is 6.54 Å². The third-order valence-corrected chi connectivity index (χ3v) is 4.05. The monoisotopic (exact) mass is 321 g/mol. The lowest BCUT2D eigenvalue weighted by molar-refractivity contribution is 0.0369. The second kappa shape index (κ2) is 6.51. The Morgan fingerprint density at radius 3 is 2.78 bits per heavy atom. The van der Waals surface area contributed by atoms with E-state index in [4.69, 9.17) is 9.15 Å². The smallest absolute Gasteiger partial charge is 0.340 e. The fourth-order valence-corrected chi connectivity index (χ4v) is 2.84. The van der Waals surface area contributed by atoms with Gasteiger partial charge in [0, 0.05) is 26.2 Å². The third-order valence-electron chi connectivity index (χ3n) is 4.05. The highest BCUT2D eigenvalue weighted by molar-refractivity contribution is 6.02. The normalized spacial score (nSPS) is 16.0. The van der Waals surface area contributed by atoms with Crippen LogP contribution in [0.3, 0.4) is 0 Å². The van der Waals surface area contributed by atoms with Crippen molar-refractivity contribution < 1.29 is 19.1 Å². The third kappa shape index (κ3) is 3.13. The molecule has 1 N–H and O–H groups in total. The first-order chi connectivity index (χ1) is 11.1. The molecule has 0 bridgehead atoms. The Bertz CT molecular complexity index is 773. The molecule has 3 rings (SSSR count). The summed E-state index contributed by atoms with van der Waals surface area (Å²) in [7, 11) is 0. The number of carboxylic acid groups (broad SMARTS) is 1. The zero-order chi connectivity index (χ0) is 16.4. The molecule has 8 heteroatoms. The Balaban J connectivity index is 1.78. The summed E-state index contributed by atoms with van der Waals surface area (Å²) in [6.45, 7) is 6.15. The molecule has 0 atom stereocenters. The van der Waals surface area contributed by atoms with Gasteiger partial charge in [-0.05, 0) is 13.3 Å². The first-order valence-corrected chi connectivity index (χ1v) is 7.60. The van der Waals surface area contributed by atoms with Gasteiger partial charge < -0.3 is 14.3 Å². The lowest BCUT2D eigenvalue weighted by Gasteiger charge is -2.26. The van der Waals surface area contributed by atoms with Crippen LogP contribution in [0, 0.1) is 6.92 Å². The van der Waals surface area contributed by atoms with Crippen molar-refractivity contribution in [3.63, 3.8) is 0 Å². The van der Waals surface area contributed by atoms with Crippen LogP contribution >= 0.6 is 0 Å². The van der Waals surface area contributed by atoms with Crippen LogP contribution in [0.2, 0.25) is 0 Å². The summed E-state index contributed by atoms with van der Waals surface area (Å²) < 4.78 is 12.0. The number of rotatable bonds is 5. The van der Waals surface area contributed by atoms with Crippen molar-refractivity contribution in [2.24, 2.45) is 0 Å². The van der Waals surface area contributed by atoms with Crippen molar-refractivity contribution in [1.29, 1.82) is 0 Å². The fraction of sp³-hybridized carbons (Fsp3) is 0.533. The fourth-order valence-electron chi connectivity index (χ4n) is 2.84. The SMILES string of the molecule is Cc1oc2ncn(CCCN3CCOCC3)c(=O)c2c1C(=O)O. The van der Waals surface area contributed by atoms with Gasteiger partial charge in [-0.15, -0.1) is 0 Å². The van der Waals surface area contributed by atoms with E-state index in [0.717, 1.165) is 39.3 Å². The Kier molecular flexibility index (Phi) is 4.44. The molecule has 3 heterocycles. The molecule has 1 fully saturated rings. The van der Waals surface area contributed by atoms with Gasteiger partial charge in [0.05, 0.1) is 13.2 Å². The highest BCUT2D eigenvalue weighted by atomic mass is 16.5. The summed E-state index contributed by atoms with van der Waals surface area (Å²) in [4.78, 5) is 30.2. The molecule has 2 aromatic heterocycles. The number of fused-ring (bicyclic) bond motifs is 1. The van der Waals surface area contributed by atoms with Gasteiger partial charge in [0.25, 0.3) is 5.56 Å². The van der Waals surface area contributed by atoms with Crippen LogP contribution in [-0.2, 0) is 11.3 Å². The van der Waals surface area contributed by atoms with Crippen LogP contribution in [0.5, 0.6) is 0 Å². The van der Waals surface area contributed by atoms with Crippen LogP contribution in [0.25, 0.3) is 11.1 Å². The van der Waals surface area contributed by atoms with Crippen molar-refractivity contribution in [3.8, 4) is 0 Å². The van der Waals surface area contributed by atoms with Gasteiger partial charge in [-0.2, -0.15) is 0 Å². The van der Waals surface area contributed by atoms with E-state index >= 15 is 0 Å². The molecule has 1 saturated heterocycles. The number of hydrogen-bond acceptors (Lipinski definition) is 6. The number of aromatic carboxylic acids is 1. The van der Waals surface area contributed by atoms with Gasteiger partial charge in [-0.25, -0.2) is 9.78 Å². The van der Waals surface area contributed by atoms with E-state index in [9.17, 15) is 14.7 Å². The highest BCUT2D eigenvalue weighted by Gasteiger charge is 2.22. The molecular formula is C15H19N3O5. The quantitative estimate of drug-likeness (QED) is 0.866. The number of nitrogens with zero attached hydrogens (tertiary/aromatic N) is 3. The van der Waals surface area contributed by atoms with E-state index in [1.165, 1.54) is 17.8 Å². The molecule has 0 aromatic carbocycles. The average Bonchev–Trinajstić information content (AvgIpc) is 2.88. The van der Waals surface area contributed by atoms with Gasteiger partial charge in [-0.1, -0.05) is 0 Å². The summed E-state index contributed by atoms with van der Waals surface area (Å²) in [6, 6.07) is 0. The van der Waals surface area contributed by atoms with Crippen molar-refractivity contribution >= 4 is 17.1 Å². The van der Waals surface area contributed by atoms with E-state index in [-0.39, 0.29) is 28.0 Å². The second-order valence-corrected chi connectivity index (χ2v) is 5.57. The molecule has 0 radical (unpaired) electrons. The standard InChI is InChI=1S/C15H19N3O5/c1-10-11(15(20)21)12-13(23-10)16-9-18(14(12)19)4-2-3-17-5-7-22-8-6-17/h9H,2-8H2,1H3,(H,20,21). The number of morpholine rings is 1. The van der Waals surface area contributed by atoms with Crippen molar-refractivity contribution in [3.05, 3.63) is 28.0 Å². The van der Waals surface area contributed by atoms with E-state index in [1.807, 2.05) is 0 Å². The average molecular weight is 321 g/mol. The zero-order valence-electron chi connectivity index (χ0n) is 12.9. The van der Waals surface area contributed by atoms with E-state index in [2.05, 4.69) is 9.88 Å². The van der Waals surface area contributed by atoms with Crippen molar-refractivity contribution in [2.75, 3.05) is 32.8 Å². The maximum absolute atomic E-state index is 12.5.